The quantitative estimate of drug-likeness (QED) is 0.726. The Kier molecular flexibility index (Phi) is 2.73. The summed E-state index contributed by atoms with van der Waals surface area (Å²) in [5.74, 6) is 0.802. The highest BCUT2D eigenvalue weighted by Gasteiger charge is 2.22. The van der Waals surface area contributed by atoms with Gasteiger partial charge in [0.05, 0.1) is 12.2 Å². The average Bonchev–Trinajstić information content (AvgIpc) is 2.17. The molecule has 1 aromatic rings. The van der Waals surface area contributed by atoms with Gasteiger partial charge in [-0.1, -0.05) is 0 Å². The molecule has 0 bridgehead atoms. The van der Waals surface area contributed by atoms with E-state index in [1.54, 1.807) is 6.07 Å². The molecule has 2 atom stereocenters. The Bertz CT molecular complexity index is 360. The van der Waals surface area contributed by atoms with Crippen LogP contribution >= 0.6 is 0 Å². The van der Waals surface area contributed by atoms with Gasteiger partial charge in [-0.2, -0.15) is 5.10 Å². The summed E-state index contributed by atoms with van der Waals surface area (Å²) in [6.45, 7) is 5.69. The van der Waals surface area contributed by atoms with Crippen LogP contribution in [0.15, 0.2) is 16.9 Å². The molecule has 15 heavy (non-hydrogen) atoms. The normalized spacial score (nSPS) is 26.7. The van der Waals surface area contributed by atoms with E-state index in [2.05, 4.69) is 15.1 Å². The van der Waals surface area contributed by atoms with Crippen LogP contribution in [-0.4, -0.2) is 35.5 Å². The fraction of sp³-hybridized carbons (Fsp3) is 0.600. The van der Waals surface area contributed by atoms with Crippen LogP contribution in [0.4, 0.5) is 5.82 Å². The Morgan fingerprint density at radius 1 is 1.40 bits per heavy atom. The van der Waals surface area contributed by atoms with Crippen LogP contribution < -0.4 is 10.5 Å². The molecule has 5 heteroatoms. The maximum absolute atomic E-state index is 10.9. The molecule has 82 valence electrons. The maximum Gasteiger partial charge on any atom is 0.264 e. The van der Waals surface area contributed by atoms with Crippen molar-refractivity contribution in [3.63, 3.8) is 0 Å². The van der Waals surface area contributed by atoms with Crippen molar-refractivity contribution in [3.05, 3.63) is 22.5 Å². The summed E-state index contributed by atoms with van der Waals surface area (Å²) in [6.07, 6.45) is 0.393. The zero-order valence-corrected chi connectivity index (χ0v) is 8.93. The van der Waals surface area contributed by atoms with Crippen molar-refractivity contribution >= 4 is 5.82 Å². The smallest absolute Gasteiger partial charge is 0.264 e. The van der Waals surface area contributed by atoms with Crippen molar-refractivity contribution in [2.75, 3.05) is 18.0 Å². The molecule has 1 saturated heterocycles. The lowest BCUT2D eigenvalue weighted by Gasteiger charge is -2.35. The molecule has 1 fully saturated rings. The highest BCUT2D eigenvalue weighted by atomic mass is 16.5. The van der Waals surface area contributed by atoms with Crippen LogP contribution in [0, 0.1) is 0 Å². The van der Waals surface area contributed by atoms with E-state index in [0.29, 0.717) is 0 Å². The summed E-state index contributed by atoms with van der Waals surface area (Å²) in [7, 11) is 0. The number of H-pyrrole nitrogens is 1. The van der Waals surface area contributed by atoms with Crippen molar-refractivity contribution in [2.45, 2.75) is 26.1 Å². The van der Waals surface area contributed by atoms with Gasteiger partial charge in [-0.25, -0.2) is 5.10 Å². The molecule has 0 saturated carbocycles. The van der Waals surface area contributed by atoms with E-state index >= 15 is 0 Å². The lowest BCUT2D eigenvalue weighted by molar-refractivity contribution is -0.00550. The van der Waals surface area contributed by atoms with Crippen molar-refractivity contribution in [1.29, 1.82) is 0 Å². The molecule has 0 aromatic carbocycles. The Morgan fingerprint density at radius 2 is 2.07 bits per heavy atom. The van der Waals surface area contributed by atoms with Gasteiger partial charge < -0.3 is 9.64 Å². The Morgan fingerprint density at radius 3 is 2.60 bits per heavy atom. The SMILES string of the molecule is C[C@@H]1CN(c2ccc(=O)[nH]n2)C[C@H](C)O1. The van der Waals surface area contributed by atoms with E-state index in [1.165, 1.54) is 6.07 Å². The van der Waals surface area contributed by atoms with Gasteiger partial charge in [0.1, 0.15) is 5.82 Å². The molecule has 2 rings (SSSR count). The monoisotopic (exact) mass is 209 g/mol. The lowest BCUT2D eigenvalue weighted by Crippen LogP contribution is -2.46. The molecule has 0 unspecified atom stereocenters. The van der Waals surface area contributed by atoms with E-state index < -0.39 is 0 Å². The van der Waals surface area contributed by atoms with Gasteiger partial charge in [-0.05, 0) is 19.9 Å². The van der Waals surface area contributed by atoms with Gasteiger partial charge in [0.15, 0.2) is 0 Å². The van der Waals surface area contributed by atoms with Crippen molar-refractivity contribution < 1.29 is 4.74 Å². The van der Waals surface area contributed by atoms with Crippen molar-refractivity contribution in [3.8, 4) is 0 Å². The molecule has 1 N–H and O–H groups in total. The Hall–Kier alpha value is -1.36. The van der Waals surface area contributed by atoms with Crippen LogP contribution in [0.2, 0.25) is 0 Å². The largest absolute Gasteiger partial charge is 0.372 e. The van der Waals surface area contributed by atoms with Crippen LogP contribution in [0.3, 0.4) is 0 Å². The maximum atomic E-state index is 10.9. The second-order valence-electron chi connectivity index (χ2n) is 3.94. The second-order valence-corrected chi connectivity index (χ2v) is 3.94. The summed E-state index contributed by atoms with van der Waals surface area (Å²) in [5, 5.41) is 6.44. The first-order valence-corrected chi connectivity index (χ1v) is 5.11. The molecule has 0 aliphatic carbocycles. The number of hydrogen-bond acceptors (Lipinski definition) is 4. The van der Waals surface area contributed by atoms with Crippen molar-refractivity contribution in [1.82, 2.24) is 10.2 Å². The highest BCUT2D eigenvalue weighted by molar-refractivity contribution is 5.37. The first kappa shape index (κ1) is 10.2. The molecule has 1 aliphatic heterocycles. The van der Waals surface area contributed by atoms with Gasteiger partial charge in [0.2, 0.25) is 0 Å². The van der Waals surface area contributed by atoms with E-state index in [0.717, 1.165) is 18.9 Å². The molecule has 1 aliphatic rings. The van der Waals surface area contributed by atoms with Crippen LogP contribution in [0.1, 0.15) is 13.8 Å². The Labute approximate surface area is 88.1 Å². The molecule has 2 heterocycles. The standard InChI is InChI=1S/C10H15N3O2/c1-7-5-13(6-8(2)15-7)9-3-4-10(14)12-11-9/h3-4,7-8H,5-6H2,1-2H3,(H,12,14)/t7-,8+. The van der Waals surface area contributed by atoms with Crippen molar-refractivity contribution in [2.24, 2.45) is 0 Å². The average molecular weight is 209 g/mol. The van der Waals surface area contributed by atoms with Crippen LogP contribution in [0.25, 0.3) is 0 Å². The predicted octanol–water partition coefficient (Wildman–Crippen LogP) is 0.383. The number of hydrogen-bond donors (Lipinski definition) is 1. The molecule has 0 spiro atoms. The predicted molar refractivity (Wildman–Crippen MR) is 57.1 cm³/mol. The molecular weight excluding hydrogens is 194 g/mol. The summed E-state index contributed by atoms with van der Waals surface area (Å²) >= 11 is 0. The number of nitrogens with zero attached hydrogens (tertiary/aromatic N) is 2. The third kappa shape index (κ3) is 2.36. The summed E-state index contributed by atoms with van der Waals surface area (Å²) in [4.78, 5) is 13.0. The minimum absolute atomic E-state index is 0.173. The summed E-state index contributed by atoms with van der Waals surface area (Å²) in [6, 6.07) is 3.23. The summed E-state index contributed by atoms with van der Waals surface area (Å²) < 4.78 is 5.62. The minimum atomic E-state index is -0.173. The van der Waals surface area contributed by atoms with E-state index in [4.69, 9.17) is 4.74 Å². The van der Waals surface area contributed by atoms with Crippen LogP contribution in [-0.2, 0) is 4.74 Å². The van der Waals surface area contributed by atoms with E-state index in [9.17, 15) is 4.79 Å². The number of rotatable bonds is 1. The molecule has 5 nitrogen and oxygen atoms in total. The third-order valence-electron chi connectivity index (χ3n) is 2.41. The minimum Gasteiger partial charge on any atom is -0.372 e. The second kappa shape index (κ2) is 4.02. The highest BCUT2D eigenvalue weighted by Crippen LogP contribution is 2.16. The van der Waals surface area contributed by atoms with E-state index in [1.807, 2.05) is 13.8 Å². The first-order chi connectivity index (χ1) is 7.15. The number of morpholine rings is 1. The molecular formula is C10H15N3O2. The van der Waals surface area contributed by atoms with Gasteiger partial charge in [-0.3, -0.25) is 4.79 Å². The van der Waals surface area contributed by atoms with Crippen LogP contribution in [0.5, 0.6) is 0 Å². The molecule has 1 aromatic heterocycles. The fourth-order valence-electron chi connectivity index (χ4n) is 1.88. The van der Waals surface area contributed by atoms with E-state index in [-0.39, 0.29) is 17.8 Å². The number of ether oxygens (including phenoxy) is 1. The summed E-state index contributed by atoms with van der Waals surface area (Å²) in [5.41, 5.74) is -0.173. The van der Waals surface area contributed by atoms with Gasteiger partial charge >= 0.3 is 0 Å². The fourth-order valence-corrected chi connectivity index (χ4v) is 1.88. The van der Waals surface area contributed by atoms with Gasteiger partial charge in [0.25, 0.3) is 5.56 Å². The number of aromatic nitrogens is 2. The first-order valence-electron chi connectivity index (χ1n) is 5.11. The molecule has 0 amide bonds. The Balaban J connectivity index is 2.16. The third-order valence-corrected chi connectivity index (χ3v) is 2.41. The topological polar surface area (TPSA) is 58.2 Å². The zero-order chi connectivity index (χ0) is 10.8. The number of nitrogens with one attached hydrogen (secondary N) is 1. The number of anilines is 1. The molecule has 0 radical (unpaired) electrons. The van der Waals surface area contributed by atoms with Gasteiger partial charge in [0, 0.05) is 19.2 Å². The lowest BCUT2D eigenvalue weighted by atomic mass is 10.2. The van der Waals surface area contributed by atoms with Gasteiger partial charge in [-0.15, -0.1) is 0 Å². The zero-order valence-electron chi connectivity index (χ0n) is 8.93. The number of aromatic amines is 1.